The number of benzene rings is 2. The van der Waals surface area contributed by atoms with Crippen molar-refractivity contribution >= 4 is 21.6 Å². The molecule has 1 atom stereocenters. The molecule has 4 rings (SSSR count). The zero-order valence-electron chi connectivity index (χ0n) is 15.6. The van der Waals surface area contributed by atoms with Gasteiger partial charge in [0.25, 0.3) is 0 Å². The number of aryl methyl sites for hydroxylation is 1. The van der Waals surface area contributed by atoms with Gasteiger partial charge in [-0.2, -0.15) is 0 Å². The molecule has 0 aromatic heterocycles. The topological polar surface area (TPSA) is 84.9 Å². The number of fused-ring (bicyclic) bond motifs is 2. The summed E-state index contributed by atoms with van der Waals surface area (Å²) in [6, 6.07) is 12.2. The van der Waals surface area contributed by atoms with Gasteiger partial charge in [-0.05, 0) is 48.7 Å². The Morgan fingerprint density at radius 3 is 2.79 bits per heavy atom. The van der Waals surface area contributed by atoms with Gasteiger partial charge in [-0.15, -0.1) is 0 Å². The number of ether oxygens (including phenoxy) is 2. The molecule has 28 heavy (non-hydrogen) atoms. The van der Waals surface area contributed by atoms with Gasteiger partial charge in [0.15, 0.2) is 11.5 Å². The monoisotopic (exact) mass is 402 g/mol. The summed E-state index contributed by atoms with van der Waals surface area (Å²) in [7, 11) is -3.70. The quantitative estimate of drug-likeness (QED) is 0.847. The number of hydrogen-bond donors (Lipinski definition) is 1. The summed E-state index contributed by atoms with van der Waals surface area (Å²) >= 11 is 0. The molecule has 2 aliphatic rings. The molecule has 0 saturated heterocycles. The average Bonchev–Trinajstić information content (AvgIpc) is 2.71. The minimum absolute atomic E-state index is 0.0376. The van der Waals surface area contributed by atoms with Gasteiger partial charge in [-0.25, -0.2) is 13.1 Å². The van der Waals surface area contributed by atoms with E-state index in [4.69, 9.17) is 9.47 Å². The molecule has 1 unspecified atom stereocenters. The first-order valence-electron chi connectivity index (χ1n) is 9.23. The standard InChI is InChI=1S/C20H22N2O5S/c1-14(23)22-10-4-5-15-11-17(8-9-18(15)22)28(24,25)21-12-16-13-26-19-6-2-3-7-20(19)27-16/h2-3,6-9,11,16,21H,4-5,10,12-13H2,1H3. The van der Waals surface area contributed by atoms with Crippen LogP contribution in [0.5, 0.6) is 11.5 Å². The molecule has 0 aliphatic carbocycles. The number of nitrogens with zero attached hydrogens (tertiary/aromatic N) is 1. The fraction of sp³-hybridized carbons (Fsp3) is 0.350. The van der Waals surface area contributed by atoms with E-state index in [1.807, 2.05) is 18.2 Å². The summed E-state index contributed by atoms with van der Waals surface area (Å²) in [6.07, 6.45) is 1.16. The van der Waals surface area contributed by atoms with Crippen LogP contribution in [-0.4, -0.2) is 40.1 Å². The van der Waals surface area contributed by atoms with E-state index in [-0.39, 0.29) is 24.0 Å². The summed E-state index contributed by atoms with van der Waals surface area (Å²) in [4.78, 5) is 13.7. The number of carbonyl (C=O) groups is 1. The largest absolute Gasteiger partial charge is 0.486 e. The summed E-state index contributed by atoms with van der Waals surface area (Å²) in [5, 5.41) is 0. The lowest BCUT2D eigenvalue weighted by Crippen LogP contribution is -2.40. The summed E-state index contributed by atoms with van der Waals surface area (Å²) < 4.78 is 39.5. The van der Waals surface area contributed by atoms with Crippen LogP contribution in [0.1, 0.15) is 18.9 Å². The van der Waals surface area contributed by atoms with Crippen LogP contribution >= 0.6 is 0 Å². The normalized spacial score (nSPS) is 18.5. The van der Waals surface area contributed by atoms with E-state index in [1.165, 1.54) is 13.0 Å². The van der Waals surface area contributed by atoms with Crippen molar-refractivity contribution in [1.29, 1.82) is 0 Å². The molecule has 8 heteroatoms. The Kier molecular flexibility index (Phi) is 4.99. The second-order valence-corrected chi connectivity index (χ2v) is 8.68. The predicted octanol–water partition coefficient (Wildman–Crippen LogP) is 2.10. The fourth-order valence-corrected chi connectivity index (χ4v) is 4.63. The third-order valence-electron chi connectivity index (χ3n) is 4.93. The molecule has 0 saturated carbocycles. The molecule has 0 bridgehead atoms. The van der Waals surface area contributed by atoms with Crippen LogP contribution in [0.3, 0.4) is 0 Å². The van der Waals surface area contributed by atoms with E-state index in [0.29, 0.717) is 18.0 Å². The molecular formula is C20H22N2O5S. The fourth-order valence-electron chi connectivity index (χ4n) is 3.52. The van der Waals surface area contributed by atoms with Crippen LogP contribution in [0, 0.1) is 0 Å². The number of rotatable bonds is 4. The van der Waals surface area contributed by atoms with Gasteiger partial charge in [-0.1, -0.05) is 12.1 Å². The molecule has 2 aromatic rings. The molecule has 1 amide bonds. The van der Waals surface area contributed by atoms with Crippen molar-refractivity contribution in [3.8, 4) is 11.5 Å². The number of hydrogen-bond acceptors (Lipinski definition) is 5. The first kappa shape index (κ1) is 18.8. The number of anilines is 1. The van der Waals surface area contributed by atoms with Crippen molar-refractivity contribution < 1.29 is 22.7 Å². The molecule has 2 heterocycles. The molecule has 0 spiro atoms. The Balaban J connectivity index is 1.46. The van der Waals surface area contributed by atoms with Crippen LogP contribution in [0.25, 0.3) is 0 Å². The van der Waals surface area contributed by atoms with Gasteiger partial charge >= 0.3 is 0 Å². The van der Waals surface area contributed by atoms with Crippen molar-refractivity contribution in [2.45, 2.75) is 30.8 Å². The van der Waals surface area contributed by atoms with E-state index in [0.717, 1.165) is 24.1 Å². The molecular weight excluding hydrogens is 380 g/mol. The lowest BCUT2D eigenvalue weighted by Gasteiger charge is -2.29. The van der Waals surface area contributed by atoms with Crippen molar-refractivity contribution in [1.82, 2.24) is 4.72 Å². The second kappa shape index (κ2) is 7.44. The first-order chi connectivity index (χ1) is 13.4. The summed E-state index contributed by atoms with van der Waals surface area (Å²) in [5.41, 5.74) is 1.66. The van der Waals surface area contributed by atoms with Crippen LogP contribution in [0.2, 0.25) is 0 Å². The molecule has 0 radical (unpaired) electrons. The lowest BCUT2D eigenvalue weighted by atomic mass is 10.0. The molecule has 148 valence electrons. The average molecular weight is 402 g/mol. The van der Waals surface area contributed by atoms with Crippen LogP contribution < -0.4 is 19.1 Å². The van der Waals surface area contributed by atoms with E-state index < -0.39 is 16.1 Å². The van der Waals surface area contributed by atoms with Crippen molar-refractivity contribution in [2.75, 3.05) is 24.6 Å². The van der Waals surface area contributed by atoms with Crippen molar-refractivity contribution in [3.63, 3.8) is 0 Å². The molecule has 2 aromatic carbocycles. The predicted molar refractivity (Wildman–Crippen MR) is 104 cm³/mol. The maximum atomic E-state index is 12.7. The van der Waals surface area contributed by atoms with Gasteiger partial charge in [0, 0.05) is 19.2 Å². The highest BCUT2D eigenvalue weighted by Gasteiger charge is 2.25. The SMILES string of the molecule is CC(=O)N1CCCc2cc(S(=O)(=O)NCC3COc4ccccc4O3)ccc21. The zero-order chi connectivity index (χ0) is 19.7. The lowest BCUT2D eigenvalue weighted by molar-refractivity contribution is -0.116. The van der Waals surface area contributed by atoms with Crippen LogP contribution in [-0.2, 0) is 21.2 Å². The number of para-hydroxylation sites is 2. The molecule has 7 nitrogen and oxygen atoms in total. The second-order valence-electron chi connectivity index (χ2n) is 6.91. The Hall–Kier alpha value is -2.58. The van der Waals surface area contributed by atoms with E-state index in [1.54, 1.807) is 23.1 Å². The number of amides is 1. The van der Waals surface area contributed by atoms with Crippen LogP contribution in [0.4, 0.5) is 5.69 Å². The van der Waals surface area contributed by atoms with Gasteiger partial charge in [0.1, 0.15) is 12.7 Å². The first-order valence-corrected chi connectivity index (χ1v) is 10.7. The Morgan fingerprint density at radius 1 is 1.21 bits per heavy atom. The number of sulfonamides is 1. The van der Waals surface area contributed by atoms with Crippen molar-refractivity contribution in [3.05, 3.63) is 48.0 Å². The van der Waals surface area contributed by atoms with E-state index in [9.17, 15) is 13.2 Å². The maximum absolute atomic E-state index is 12.7. The summed E-state index contributed by atoms with van der Waals surface area (Å²) in [5.74, 6) is 1.23. The van der Waals surface area contributed by atoms with Gasteiger partial charge in [0.2, 0.25) is 15.9 Å². The summed E-state index contributed by atoms with van der Waals surface area (Å²) in [6.45, 7) is 2.56. The Bertz CT molecular complexity index is 1010. The Morgan fingerprint density at radius 2 is 2.00 bits per heavy atom. The van der Waals surface area contributed by atoms with Crippen LogP contribution in [0.15, 0.2) is 47.4 Å². The highest BCUT2D eigenvalue weighted by molar-refractivity contribution is 7.89. The van der Waals surface area contributed by atoms with Gasteiger partial charge in [0.05, 0.1) is 11.4 Å². The zero-order valence-corrected chi connectivity index (χ0v) is 16.4. The minimum atomic E-state index is -3.70. The molecule has 2 aliphatic heterocycles. The number of carbonyl (C=O) groups excluding carboxylic acids is 1. The maximum Gasteiger partial charge on any atom is 0.240 e. The smallest absolute Gasteiger partial charge is 0.240 e. The Labute approximate surface area is 164 Å². The van der Waals surface area contributed by atoms with Gasteiger partial charge < -0.3 is 14.4 Å². The highest BCUT2D eigenvalue weighted by Crippen LogP contribution is 2.31. The van der Waals surface area contributed by atoms with Gasteiger partial charge in [-0.3, -0.25) is 4.79 Å². The minimum Gasteiger partial charge on any atom is -0.486 e. The highest BCUT2D eigenvalue weighted by atomic mass is 32.2. The number of nitrogens with one attached hydrogen (secondary N) is 1. The van der Waals surface area contributed by atoms with E-state index in [2.05, 4.69) is 4.72 Å². The molecule has 0 fully saturated rings. The third-order valence-corrected chi connectivity index (χ3v) is 6.35. The molecule has 1 N–H and O–H groups in total. The van der Waals surface area contributed by atoms with E-state index >= 15 is 0 Å². The van der Waals surface area contributed by atoms with Crippen molar-refractivity contribution in [2.24, 2.45) is 0 Å². The third kappa shape index (κ3) is 3.70.